The van der Waals surface area contributed by atoms with Gasteiger partial charge in [-0.3, -0.25) is 9.48 Å². The van der Waals surface area contributed by atoms with Crippen LogP contribution in [0.4, 0.5) is 11.4 Å². The van der Waals surface area contributed by atoms with E-state index in [1.807, 2.05) is 18.2 Å². The first-order chi connectivity index (χ1) is 9.63. The van der Waals surface area contributed by atoms with Gasteiger partial charge in [-0.1, -0.05) is 32.0 Å². The Morgan fingerprint density at radius 2 is 1.95 bits per heavy atom. The molecule has 2 rings (SSSR count). The van der Waals surface area contributed by atoms with Crippen LogP contribution in [-0.4, -0.2) is 15.7 Å². The zero-order valence-electron chi connectivity index (χ0n) is 11.9. The third-order valence-corrected chi connectivity index (χ3v) is 3.22. The summed E-state index contributed by atoms with van der Waals surface area (Å²) in [7, 11) is 0. The summed E-state index contributed by atoms with van der Waals surface area (Å²) in [6, 6.07) is 6.11. The molecule has 1 heterocycles. The van der Waals surface area contributed by atoms with Crippen LogP contribution in [0.25, 0.3) is 0 Å². The van der Waals surface area contributed by atoms with Crippen molar-refractivity contribution in [3.8, 4) is 0 Å². The van der Waals surface area contributed by atoms with Gasteiger partial charge < -0.3 is 11.1 Å². The maximum atomic E-state index is 12.1. The van der Waals surface area contributed by atoms with Gasteiger partial charge in [-0.15, -0.1) is 0 Å². The fraction of sp³-hybridized carbons (Fsp3) is 0.333. The van der Waals surface area contributed by atoms with Crippen LogP contribution < -0.4 is 11.1 Å². The van der Waals surface area contributed by atoms with Crippen LogP contribution >= 0.6 is 0 Å². The predicted octanol–water partition coefficient (Wildman–Crippen LogP) is 2.23. The molecule has 5 heteroatoms. The second-order valence-corrected chi connectivity index (χ2v) is 4.68. The Kier molecular flexibility index (Phi) is 4.40. The van der Waals surface area contributed by atoms with E-state index < -0.39 is 0 Å². The maximum Gasteiger partial charge on any atom is 0.246 e. The van der Waals surface area contributed by atoms with Crippen molar-refractivity contribution in [3.63, 3.8) is 0 Å². The molecule has 3 N–H and O–H groups in total. The number of benzene rings is 1. The molecule has 0 aliphatic heterocycles. The molecule has 1 amide bonds. The van der Waals surface area contributed by atoms with E-state index in [4.69, 9.17) is 5.73 Å². The van der Waals surface area contributed by atoms with E-state index in [1.54, 1.807) is 6.20 Å². The topological polar surface area (TPSA) is 72.9 Å². The number of aromatic nitrogens is 2. The Bertz CT molecular complexity index is 581. The van der Waals surface area contributed by atoms with Gasteiger partial charge in [0.25, 0.3) is 0 Å². The summed E-state index contributed by atoms with van der Waals surface area (Å²) in [4.78, 5) is 12.1. The van der Waals surface area contributed by atoms with Crippen LogP contribution in [0.15, 0.2) is 30.6 Å². The Morgan fingerprint density at radius 3 is 2.45 bits per heavy atom. The van der Waals surface area contributed by atoms with Crippen molar-refractivity contribution in [2.24, 2.45) is 0 Å². The summed E-state index contributed by atoms with van der Waals surface area (Å²) in [6.45, 7) is 4.33. The summed E-state index contributed by atoms with van der Waals surface area (Å²) in [5, 5.41) is 7.01. The van der Waals surface area contributed by atoms with Crippen LogP contribution in [0, 0.1) is 0 Å². The van der Waals surface area contributed by atoms with Crippen LogP contribution in [0.2, 0.25) is 0 Å². The lowest BCUT2D eigenvalue weighted by Crippen LogP contribution is -2.20. The number of nitrogens with zero attached hydrogens (tertiary/aromatic N) is 2. The average molecular weight is 272 g/mol. The zero-order valence-corrected chi connectivity index (χ0v) is 11.9. The van der Waals surface area contributed by atoms with Gasteiger partial charge >= 0.3 is 0 Å². The summed E-state index contributed by atoms with van der Waals surface area (Å²) in [5.41, 5.74) is 9.37. The second-order valence-electron chi connectivity index (χ2n) is 4.68. The number of rotatable bonds is 5. The van der Waals surface area contributed by atoms with E-state index in [-0.39, 0.29) is 12.5 Å². The number of nitrogen functional groups attached to an aromatic ring is 1. The number of aryl methyl sites for hydroxylation is 2. The van der Waals surface area contributed by atoms with Gasteiger partial charge in [0.1, 0.15) is 6.54 Å². The molecule has 1 aromatic heterocycles. The molecule has 0 unspecified atom stereocenters. The quantitative estimate of drug-likeness (QED) is 0.876. The first-order valence-electron chi connectivity index (χ1n) is 6.82. The van der Waals surface area contributed by atoms with Gasteiger partial charge in [0.05, 0.1) is 11.9 Å². The number of nitrogens with two attached hydrogens (primary N) is 1. The SMILES string of the molecule is CCc1cccc(CC)c1NC(=O)Cn1cc(N)cn1. The minimum Gasteiger partial charge on any atom is -0.396 e. The number of carbonyl (C=O) groups excluding carboxylic acids is 1. The smallest absolute Gasteiger partial charge is 0.246 e. The zero-order chi connectivity index (χ0) is 14.5. The average Bonchev–Trinajstić information content (AvgIpc) is 2.84. The molecule has 106 valence electrons. The van der Waals surface area contributed by atoms with Crippen molar-refractivity contribution in [3.05, 3.63) is 41.7 Å². The fourth-order valence-corrected chi connectivity index (χ4v) is 2.20. The van der Waals surface area contributed by atoms with Crippen molar-refractivity contribution in [2.75, 3.05) is 11.1 Å². The van der Waals surface area contributed by atoms with Gasteiger partial charge in [0.2, 0.25) is 5.91 Å². The van der Waals surface area contributed by atoms with Crippen LogP contribution in [0.1, 0.15) is 25.0 Å². The van der Waals surface area contributed by atoms with E-state index in [1.165, 1.54) is 10.9 Å². The van der Waals surface area contributed by atoms with E-state index in [2.05, 4.69) is 24.3 Å². The minimum absolute atomic E-state index is 0.0938. The number of carbonyl (C=O) groups is 1. The molecule has 0 aliphatic carbocycles. The van der Waals surface area contributed by atoms with Gasteiger partial charge in [0.15, 0.2) is 0 Å². The summed E-state index contributed by atoms with van der Waals surface area (Å²) in [5.74, 6) is -0.0938. The van der Waals surface area contributed by atoms with E-state index in [0.717, 1.165) is 29.7 Å². The molecule has 0 spiro atoms. The molecular weight excluding hydrogens is 252 g/mol. The number of nitrogens with one attached hydrogen (secondary N) is 1. The molecule has 5 nitrogen and oxygen atoms in total. The molecule has 20 heavy (non-hydrogen) atoms. The summed E-state index contributed by atoms with van der Waals surface area (Å²) >= 11 is 0. The molecule has 0 atom stereocenters. The normalized spacial score (nSPS) is 10.5. The lowest BCUT2D eigenvalue weighted by atomic mass is 10.0. The summed E-state index contributed by atoms with van der Waals surface area (Å²) < 4.78 is 1.53. The van der Waals surface area contributed by atoms with Crippen molar-refractivity contribution in [2.45, 2.75) is 33.2 Å². The molecule has 0 saturated carbocycles. The van der Waals surface area contributed by atoms with Gasteiger partial charge in [0, 0.05) is 11.9 Å². The van der Waals surface area contributed by atoms with Gasteiger partial charge in [-0.05, 0) is 24.0 Å². The van der Waals surface area contributed by atoms with Crippen molar-refractivity contribution in [1.29, 1.82) is 0 Å². The Hall–Kier alpha value is -2.30. The molecular formula is C15H20N4O. The van der Waals surface area contributed by atoms with Crippen LogP contribution in [0.3, 0.4) is 0 Å². The largest absolute Gasteiger partial charge is 0.396 e. The molecule has 0 fully saturated rings. The monoisotopic (exact) mass is 272 g/mol. The Balaban J connectivity index is 2.14. The molecule has 0 radical (unpaired) electrons. The second kappa shape index (κ2) is 6.23. The highest BCUT2D eigenvalue weighted by Gasteiger charge is 2.10. The number of hydrogen-bond donors (Lipinski definition) is 2. The lowest BCUT2D eigenvalue weighted by molar-refractivity contribution is -0.116. The number of amides is 1. The molecule has 2 aromatic rings. The predicted molar refractivity (Wildman–Crippen MR) is 80.5 cm³/mol. The number of para-hydroxylation sites is 1. The van der Waals surface area contributed by atoms with E-state index >= 15 is 0 Å². The maximum absolute atomic E-state index is 12.1. The molecule has 0 saturated heterocycles. The number of hydrogen-bond acceptors (Lipinski definition) is 3. The standard InChI is InChI=1S/C15H20N4O/c1-3-11-6-5-7-12(4-2)15(11)18-14(20)10-19-9-13(16)8-17-19/h5-9H,3-4,10,16H2,1-2H3,(H,18,20). The molecule has 1 aromatic carbocycles. The van der Waals surface area contributed by atoms with Gasteiger partial charge in [-0.25, -0.2) is 0 Å². The summed E-state index contributed by atoms with van der Waals surface area (Å²) in [6.07, 6.45) is 4.95. The third-order valence-electron chi connectivity index (χ3n) is 3.22. The van der Waals surface area contributed by atoms with Crippen molar-refractivity contribution in [1.82, 2.24) is 9.78 Å². The van der Waals surface area contributed by atoms with Gasteiger partial charge in [-0.2, -0.15) is 5.10 Å². The highest BCUT2D eigenvalue weighted by molar-refractivity contribution is 5.92. The Morgan fingerprint density at radius 1 is 1.30 bits per heavy atom. The number of anilines is 2. The fourth-order valence-electron chi connectivity index (χ4n) is 2.20. The molecule has 0 bridgehead atoms. The van der Waals surface area contributed by atoms with E-state index in [0.29, 0.717) is 5.69 Å². The first kappa shape index (κ1) is 14.1. The third kappa shape index (κ3) is 3.17. The van der Waals surface area contributed by atoms with Crippen molar-refractivity contribution >= 4 is 17.3 Å². The lowest BCUT2D eigenvalue weighted by Gasteiger charge is -2.14. The molecule has 0 aliphatic rings. The highest BCUT2D eigenvalue weighted by atomic mass is 16.2. The highest BCUT2D eigenvalue weighted by Crippen LogP contribution is 2.22. The van der Waals surface area contributed by atoms with E-state index in [9.17, 15) is 4.79 Å². The first-order valence-corrected chi connectivity index (χ1v) is 6.82. The Labute approximate surface area is 118 Å². The minimum atomic E-state index is -0.0938. The van der Waals surface area contributed by atoms with Crippen LogP contribution in [-0.2, 0) is 24.2 Å². The van der Waals surface area contributed by atoms with Crippen LogP contribution in [0.5, 0.6) is 0 Å². The van der Waals surface area contributed by atoms with Crippen molar-refractivity contribution < 1.29 is 4.79 Å².